The van der Waals surface area contributed by atoms with Crippen LogP contribution in [0, 0.1) is 17.8 Å². The van der Waals surface area contributed by atoms with E-state index in [0.29, 0.717) is 16.8 Å². The lowest BCUT2D eigenvalue weighted by atomic mass is 9.57. The van der Waals surface area contributed by atoms with E-state index in [0.717, 1.165) is 0 Å². The van der Waals surface area contributed by atoms with E-state index in [1.54, 1.807) is 20.2 Å². The van der Waals surface area contributed by atoms with Gasteiger partial charge in [-0.15, -0.1) is 0 Å². The second kappa shape index (κ2) is 7.82. The van der Waals surface area contributed by atoms with Crippen molar-refractivity contribution < 1.29 is 39.5 Å². The summed E-state index contributed by atoms with van der Waals surface area (Å²) in [6.45, 7) is 0.0460. The van der Waals surface area contributed by atoms with Crippen molar-refractivity contribution in [2.45, 2.75) is 37.6 Å². The third-order valence-corrected chi connectivity index (χ3v) is 7.23. The molecule has 4 rings (SSSR count). The number of fused-ring (bicyclic) bond motifs is 3. The lowest BCUT2D eigenvalue weighted by molar-refractivity contribution is -0.167. The first kappa shape index (κ1) is 23.2. The minimum atomic E-state index is -2.51. The molecule has 0 saturated heterocycles. The Hall–Kier alpha value is -2.95. The average Bonchev–Trinajstić information content (AvgIpc) is 2.72. The summed E-state index contributed by atoms with van der Waals surface area (Å²) >= 11 is 0. The average molecular weight is 460 g/mol. The number of aliphatic hydroxyl groups excluding tert-OH is 2. The fourth-order valence-corrected chi connectivity index (χ4v) is 5.69. The molecule has 1 aromatic carbocycles. The number of methoxy groups -OCH3 is 1. The summed E-state index contributed by atoms with van der Waals surface area (Å²) in [7, 11) is 5.06. The van der Waals surface area contributed by atoms with Crippen LogP contribution in [0.25, 0.3) is 0 Å². The number of anilines is 1. The minimum Gasteiger partial charge on any atom is -0.508 e. The number of nitrogens with two attached hydrogens (primary N) is 1. The number of carbonyl (C=O) groups is 3. The van der Waals surface area contributed by atoms with Crippen LogP contribution in [0.4, 0.5) is 5.69 Å². The molecule has 1 aromatic rings. The Bertz CT molecular complexity index is 1090. The molecule has 0 aliphatic heterocycles. The summed E-state index contributed by atoms with van der Waals surface area (Å²) in [5.41, 5.74) is 4.25. The van der Waals surface area contributed by atoms with E-state index < -0.39 is 52.7 Å². The second-order valence-electron chi connectivity index (χ2n) is 9.32. The summed E-state index contributed by atoms with van der Waals surface area (Å²) in [4.78, 5) is 40.2. The number of primary amides is 1. The number of allylic oxidation sites excluding steroid dienone is 1. The Balaban J connectivity index is 1.92. The van der Waals surface area contributed by atoms with E-state index in [4.69, 9.17) is 10.5 Å². The van der Waals surface area contributed by atoms with Crippen LogP contribution in [0.1, 0.15) is 34.3 Å². The van der Waals surface area contributed by atoms with Crippen molar-refractivity contribution in [2.24, 2.45) is 23.5 Å². The van der Waals surface area contributed by atoms with Gasteiger partial charge < -0.3 is 35.8 Å². The molecule has 5 atom stereocenters. The molecule has 0 aromatic heterocycles. The number of carbonyl (C=O) groups excluding carboxylic acids is 3. The Morgan fingerprint density at radius 2 is 1.94 bits per heavy atom. The smallest absolute Gasteiger partial charge is 0.230 e. The van der Waals surface area contributed by atoms with Crippen molar-refractivity contribution in [2.75, 3.05) is 26.1 Å². The van der Waals surface area contributed by atoms with Gasteiger partial charge in [0.2, 0.25) is 5.91 Å². The van der Waals surface area contributed by atoms with Crippen LogP contribution in [0.3, 0.4) is 0 Å². The maximum Gasteiger partial charge on any atom is 0.230 e. The normalized spacial score (nSPS) is 31.1. The lowest BCUT2D eigenvalue weighted by Crippen LogP contribution is -2.63. The Kier molecular flexibility index (Phi) is 5.50. The monoisotopic (exact) mass is 460 g/mol. The number of hydrogen-bond donors (Lipinski definition) is 5. The zero-order valence-corrected chi connectivity index (χ0v) is 18.7. The number of hydrogen-bond acceptors (Lipinski definition) is 9. The summed E-state index contributed by atoms with van der Waals surface area (Å²) < 4.78 is 5.14. The van der Waals surface area contributed by atoms with Crippen molar-refractivity contribution in [1.82, 2.24) is 0 Å². The number of ketones is 2. The number of Topliss-reactive ketones (excluding diaryl/α,β-unsaturated/α-hetero) is 2. The maximum atomic E-state index is 13.6. The van der Waals surface area contributed by atoms with Crippen molar-refractivity contribution >= 4 is 23.2 Å². The molecular formula is C23H28N2O8. The van der Waals surface area contributed by atoms with E-state index in [1.165, 1.54) is 7.11 Å². The SMILES string of the molecule is COCc1cc(N(C)C)c2c(c1O)C(=O)C1=C(O)[C@]3(O)C(=O)C(C(N)=O)C(O)C[C@@H]3C[C@@H]1C2. The number of nitrogens with zero attached hydrogens (tertiary/aromatic N) is 1. The molecule has 0 bridgehead atoms. The van der Waals surface area contributed by atoms with Gasteiger partial charge in [0.15, 0.2) is 17.2 Å². The number of aliphatic hydroxyl groups is 3. The molecule has 2 unspecified atom stereocenters. The lowest BCUT2D eigenvalue weighted by Gasteiger charge is -2.48. The highest BCUT2D eigenvalue weighted by atomic mass is 16.5. The van der Waals surface area contributed by atoms with Crippen molar-refractivity contribution in [3.05, 3.63) is 34.1 Å². The van der Waals surface area contributed by atoms with Crippen molar-refractivity contribution in [3.63, 3.8) is 0 Å². The fourth-order valence-electron chi connectivity index (χ4n) is 5.69. The van der Waals surface area contributed by atoms with Crippen LogP contribution in [0.5, 0.6) is 5.75 Å². The highest BCUT2D eigenvalue weighted by Crippen LogP contribution is 2.52. The molecule has 33 heavy (non-hydrogen) atoms. The topological polar surface area (TPSA) is 171 Å². The fraction of sp³-hybridized carbons (Fsp3) is 0.522. The van der Waals surface area contributed by atoms with E-state index >= 15 is 0 Å². The van der Waals surface area contributed by atoms with E-state index in [9.17, 15) is 34.8 Å². The van der Waals surface area contributed by atoms with Gasteiger partial charge in [0, 0.05) is 43.9 Å². The van der Waals surface area contributed by atoms with Crippen LogP contribution < -0.4 is 10.6 Å². The van der Waals surface area contributed by atoms with Gasteiger partial charge in [0.1, 0.15) is 17.4 Å². The zero-order chi connectivity index (χ0) is 24.4. The van der Waals surface area contributed by atoms with Crippen LogP contribution in [-0.4, -0.2) is 70.8 Å². The number of rotatable bonds is 4. The third kappa shape index (κ3) is 3.16. The van der Waals surface area contributed by atoms with Gasteiger partial charge in [-0.25, -0.2) is 0 Å². The summed E-state index contributed by atoms with van der Waals surface area (Å²) in [5, 5.41) is 43.6. The number of ether oxygens (including phenoxy) is 1. The molecule has 3 aliphatic carbocycles. The third-order valence-electron chi connectivity index (χ3n) is 7.23. The van der Waals surface area contributed by atoms with E-state index in [1.807, 2.05) is 4.90 Å². The van der Waals surface area contributed by atoms with Crippen molar-refractivity contribution in [1.29, 1.82) is 0 Å². The number of benzene rings is 1. The summed E-state index contributed by atoms with van der Waals surface area (Å²) in [5.74, 6) is -7.18. The highest BCUT2D eigenvalue weighted by molar-refractivity contribution is 6.16. The highest BCUT2D eigenvalue weighted by Gasteiger charge is 2.62. The van der Waals surface area contributed by atoms with Gasteiger partial charge in [-0.1, -0.05) is 0 Å². The molecule has 1 amide bonds. The van der Waals surface area contributed by atoms with Crippen LogP contribution in [-0.2, 0) is 27.4 Å². The summed E-state index contributed by atoms with van der Waals surface area (Å²) in [6, 6.07) is 1.74. The molecule has 10 heteroatoms. The Morgan fingerprint density at radius 1 is 1.27 bits per heavy atom. The molecule has 0 heterocycles. The molecule has 1 fully saturated rings. The first-order chi connectivity index (χ1) is 15.4. The number of aromatic hydroxyl groups is 1. The largest absolute Gasteiger partial charge is 0.508 e. The van der Waals surface area contributed by atoms with Crippen LogP contribution in [0.15, 0.2) is 17.4 Å². The molecule has 1 saturated carbocycles. The first-order valence-electron chi connectivity index (χ1n) is 10.7. The molecule has 178 valence electrons. The van der Waals surface area contributed by atoms with Gasteiger partial charge >= 0.3 is 0 Å². The molecule has 6 N–H and O–H groups in total. The van der Waals surface area contributed by atoms with E-state index in [2.05, 4.69) is 0 Å². The molecular weight excluding hydrogens is 432 g/mol. The van der Waals surface area contributed by atoms with E-state index in [-0.39, 0.29) is 42.8 Å². The van der Waals surface area contributed by atoms with Gasteiger partial charge in [-0.2, -0.15) is 0 Å². The molecule has 0 spiro atoms. The van der Waals surface area contributed by atoms with Crippen molar-refractivity contribution in [3.8, 4) is 5.75 Å². The molecule has 3 aliphatic rings. The Morgan fingerprint density at radius 3 is 2.52 bits per heavy atom. The Labute approximate surface area is 190 Å². The van der Waals surface area contributed by atoms with Crippen LogP contribution >= 0.6 is 0 Å². The standard InChI is InChI=1S/C23H28N2O8/c1-25(2)13-6-10(8-33-3)18(27)16-12(13)5-9-4-11-7-14(26)17(22(24)31)21(30)23(11,32)20(29)15(9)19(16)28/h6,9,11,14,17,26-27,29,32H,4-5,7-8H2,1-3H3,(H2,24,31)/t9-,11+,14?,17?,23+/m1/s1. The number of amides is 1. The van der Waals surface area contributed by atoms with Gasteiger partial charge in [0.25, 0.3) is 0 Å². The summed E-state index contributed by atoms with van der Waals surface area (Å²) in [6.07, 6.45) is -1.13. The quantitative estimate of drug-likeness (QED) is 0.387. The first-order valence-corrected chi connectivity index (χ1v) is 10.7. The van der Waals surface area contributed by atoms with Crippen LogP contribution in [0.2, 0.25) is 0 Å². The number of phenols is 1. The molecule has 10 nitrogen and oxygen atoms in total. The predicted molar refractivity (Wildman–Crippen MR) is 116 cm³/mol. The molecule has 0 radical (unpaired) electrons. The minimum absolute atomic E-state index is 0.0113. The second-order valence-corrected chi connectivity index (χ2v) is 9.32. The van der Waals surface area contributed by atoms with Gasteiger partial charge in [0.05, 0.1) is 18.3 Å². The predicted octanol–water partition coefficient (Wildman–Crippen LogP) is -0.0421. The number of phenolic OH excluding ortho intramolecular Hbond substituents is 1. The maximum absolute atomic E-state index is 13.6. The zero-order valence-electron chi connectivity index (χ0n) is 18.7. The van der Waals surface area contributed by atoms with Gasteiger partial charge in [-0.3, -0.25) is 14.4 Å². The van der Waals surface area contributed by atoms with Gasteiger partial charge in [-0.05, 0) is 36.8 Å².